The molecule has 0 aliphatic carbocycles. The van der Waals surface area contributed by atoms with Crippen molar-refractivity contribution in [3.63, 3.8) is 0 Å². The Bertz CT molecular complexity index is 1500. The molecule has 38 heavy (non-hydrogen) atoms. The van der Waals surface area contributed by atoms with Crippen LogP contribution < -0.4 is 19.9 Å². The van der Waals surface area contributed by atoms with Crippen LogP contribution in [0.15, 0.2) is 64.9 Å². The van der Waals surface area contributed by atoms with E-state index in [1.165, 1.54) is 47.1 Å². The molecule has 0 aliphatic heterocycles. The van der Waals surface area contributed by atoms with Gasteiger partial charge in [0.15, 0.2) is 11.8 Å². The summed E-state index contributed by atoms with van der Waals surface area (Å²) in [6.45, 7) is 5.61. The average molecular weight is 559 g/mol. The molecular weight excluding hydrogens is 528 g/mol. The molecule has 1 amide bonds. The minimum atomic E-state index is -3.92. The van der Waals surface area contributed by atoms with Crippen molar-refractivity contribution in [2.75, 3.05) is 26.6 Å². The van der Waals surface area contributed by atoms with Crippen molar-refractivity contribution in [2.24, 2.45) is 5.73 Å². The average Bonchev–Trinajstić information content (AvgIpc) is 3.26. The number of benzene rings is 2. The van der Waals surface area contributed by atoms with Gasteiger partial charge in [-0.2, -0.15) is 0 Å². The minimum absolute atomic E-state index is 0.0685. The molecule has 0 fully saturated rings. The van der Waals surface area contributed by atoms with E-state index in [-0.39, 0.29) is 11.5 Å². The lowest BCUT2D eigenvalue weighted by atomic mass is 10.2. The van der Waals surface area contributed by atoms with Crippen molar-refractivity contribution in [3.8, 4) is 17.2 Å². The van der Waals surface area contributed by atoms with E-state index < -0.39 is 15.9 Å². The number of amides is 1. The van der Waals surface area contributed by atoms with Crippen LogP contribution in [0.25, 0.3) is 11.0 Å². The quantitative estimate of drug-likeness (QED) is 0.303. The predicted octanol–water partition coefficient (Wildman–Crippen LogP) is 3.97. The molecule has 2 aromatic carbocycles. The number of thioether (sulfide) groups is 1. The normalized spacial score (nSPS) is 11.0. The molecule has 2 aromatic heterocycles. The van der Waals surface area contributed by atoms with Gasteiger partial charge in [0.05, 0.1) is 30.1 Å². The summed E-state index contributed by atoms with van der Waals surface area (Å²) < 4.78 is 43.4. The lowest BCUT2D eigenvalue weighted by Crippen LogP contribution is -2.20. The lowest BCUT2D eigenvalue weighted by molar-refractivity contribution is -0.119. The Labute approximate surface area is 226 Å². The standard InChI is InChI=1S/C18H19N3O5S2.C8H11NO/c1-3-27-18-20-15-9-6-13(25-2)10-16(15)21(18)28(23,24)14-7-4-12(5-8-14)26-11-17(19)22;1-6-4-9-5-7(2)8(6)10-3/h4-10H,3,11H2,1-2H3,(H2,19,22);4-5H,1-3H3. The number of aryl methyl sites for hydroxylation is 2. The number of nitrogens with zero attached hydrogens (tertiary/aromatic N) is 3. The van der Waals surface area contributed by atoms with Crippen LogP contribution in [0, 0.1) is 13.8 Å². The molecule has 10 nitrogen and oxygen atoms in total. The van der Waals surface area contributed by atoms with E-state index in [0.29, 0.717) is 33.4 Å². The van der Waals surface area contributed by atoms with Gasteiger partial charge in [0.1, 0.15) is 17.2 Å². The third kappa shape index (κ3) is 6.56. The van der Waals surface area contributed by atoms with Crippen LogP contribution in [0.4, 0.5) is 0 Å². The zero-order chi connectivity index (χ0) is 27.9. The van der Waals surface area contributed by atoms with Gasteiger partial charge in [0, 0.05) is 29.6 Å². The first kappa shape index (κ1) is 28.8. The highest BCUT2D eigenvalue weighted by molar-refractivity contribution is 8.00. The van der Waals surface area contributed by atoms with Gasteiger partial charge in [-0.15, -0.1) is 0 Å². The van der Waals surface area contributed by atoms with E-state index >= 15 is 0 Å². The number of ether oxygens (including phenoxy) is 3. The topological polar surface area (TPSA) is 136 Å². The molecule has 4 rings (SSSR count). The van der Waals surface area contributed by atoms with Gasteiger partial charge in [0.25, 0.3) is 15.9 Å². The number of nitrogens with two attached hydrogens (primary N) is 1. The number of hydrogen-bond acceptors (Lipinski definition) is 9. The third-order valence-corrected chi connectivity index (χ3v) is 7.92. The second-order valence-electron chi connectivity index (χ2n) is 7.98. The van der Waals surface area contributed by atoms with E-state index in [1.54, 1.807) is 37.7 Å². The number of hydrogen-bond donors (Lipinski definition) is 1. The highest BCUT2D eigenvalue weighted by atomic mass is 32.2. The van der Waals surface area contributed by atoms with Crippen LogP contribution in [0.2, 0.25) is 0 Å². The zero-order valence-corrected chi connectivity index (χ0v) is 23.4. The van der Waals surface area contributed by atoms with Crippen LogP contribution in [0.1, 0.15) is 18.1 Å². The molecule has 0 unspecified atom stereocenters. The fourth-order valence-electron chi connectivity index (χ4n) is 3.57. The maximum atomic E-state index is 13.3. The first-order valence-corrected chi connectivity index (χ1v) is 14.0. The summed E-state index contributed by atoms with van der Waals surface area (Å²) in [7, 11) is -0.725. The maximum absolute atomic E-state index is 13.3. The predicted molar refractivity (Wildman–Crippen MR) is 147 cm³/mol. The Balaban J connectivity index is 0.000000336. The van der Waals surface area contributed by atoms with E-state index in [1.807, 2.05) is 20.8 Å². The van der Waals surface area contributed by atoms with Crippen molar-refractivity contribution in [3.05, 3.63) is 66.0 Å². The summed E-state index contributed by atoms with van der Waals surface area (Å²) in [6.07, 6.45) is 3.59. The third-order valence-electron chi connectivity index (χ3n) is 5.26. The van der Waals surface area contributed by atoms with Crippen LogP contribution in [-0.2, 0) is 14.8 Å². The first-order chi connectivity index (χ1) is 18.1. The van der Waals surface area contributed by atoms with Gasteiger partial charge in [0.2, 0.25) is 0 Å². The van der Waals surface area contributed by atoms with Gasteiger partial charge < -0.3 is 19.9 Å². The Morgan fingerprint density at radius 1 is 1.00 bits per heavy atom. The lowest BCUT2D eigenvalue weighted by Gasteiger charge is -2.11. The second kappa shape index (κ2) is 12.7. The van der Waals surface area contributed by atoms with Gasteiger partial charge in [-0.05, 0) is 56.0 Å². The molecule has 12 heteroatoms. The van der Waals surface area contributed by atoms with E-state index in [0.717, 1.165) is 16.9 Å². The molecule has 2 heterocycles. The molecule has 0 radical (unpaired) electrons. The van der Waals surface area contributed by atoms with Crippen molar-refractivity contribution in [1.29, 1.82) is 0 Å². The summed E-state index contributed by atoms with van der Waals surface area (Å²) in [4.78, 5) is 19.3. The molecule has 2 N–H and O–H groups in total. The molecule has 0 spiro atoms. The Kier molecular flexibility index (Phi) is 9.59. The number of imidazole rings is 1. The largest absolute Gasteiger partial charge is 0.497 e. The number of pyridine rings is 1. The van der Waals surface area contributed by atoms with Gasteiger partial charge in [-0.3, -0.25) is 9.78 Å². The van der Waals surface area contributed by atoms with Crippen molar-refractivity contribution < 1.29 is 27.4 Å². The van der Waals surface area contributed by atoms with Crippen LogP contribution in [0.3, 0.4) is 0 Å². The fourth-order valence-corrected chi connectivity index (χ4v) is 6.00. The van der Waals surface area contributed by atoms with Crippen LogP contribution in [-0.4, -0.2) is 54.8 Å². The number of rotatable bonds is 9. The summed E-state index contributed by atoms with van der Waals surface area (Å²) in [5, 5.41) is 0.375. The number of methoxy groups -OCH3 is 2. The molecular formula is C26H30N4O6S2. The SMILES string of the molecule is CCSc1nc2ccc(OC)cc2n1S(=O)(=O)c1ccc(OCC(N)=O)cc1.COc1c(C)cncc1C. The van der Waals surface area contributed by atoms with Gasteiger partial charge >= 0.3 is 0 Å². The van der Waals surface area contributed by atoms with Crippen molar-refractivity contribution in [2.45, 2.75) is 30.8 Å². The van der Waals surface area contributed by atoms with Gasteiger partial charge in [-0.25, -0.2) is 17.4 Å². The van der Waals surface area contributed by atoms with E-state index in [2.05, 4.69) is 9.97 Å². The highest BCUT2D eigenvalue weighted by Crippen LogP contribution is 2.31. The van der Waals surface area contributed by atoms with Crippen LogP contribution in [0.5, 0.6) is 17.2 Å². The molecule has 0 saturated heterocycles. The number of fused-ring (bicyclic) bond motifs is 1. The Morgan fingerprint density at radius 3 is 2.16 bits per heavy atom. The molecule has 0 saturated carbocycles. The fraction of sp³-hybridized carbons (Fsp3) is 0.269. The van der Waals surface area contributed by atoms with E-state index in [4.69, 9.17) is 19.9 Å². The first-order valence-electron chi connectivity index (χ1n) is 11.5. The van der Waals surface area contributed by atoms with Crippen molar-refractivity contribution >= 4 is 38.7 Å². The molecule has 0 bridgehead atoms. The zero-order valence-electron chi connectivity index (χ0n) is 21.8. The van der Waals surface area contributed by atoms with E-state index in [9.17, 15) is 13.2 Å². The Morgan fingerprint density at radius 2 is 1.63 bits per heavy atom. The second-order valence-corrected chi connectivity index (χ2v) is 11.0. The summed E-state index contributed by atoms with van der Waals surface area (Å²) in [6, 6.07) is 10.9. The molecule has 0 aliphatic rings. The highest BCUT2D eigenvalue weighted by Gasteiger charge is 2.25. The van der Waals surface area contributed by atoms with Crippen molar-refractivity contribution in [1.82, 2.24) is 13.9 Å². The number of primary amides is 1. The smallest absolute Gasteiger partial charge is 0.270 e. The number of carbonyl (C=O) groups is 1. The Hall–Kier alpha value is -3.77. The minimum Gasteiger partial charge on any atom is -0.497 e. The van der Waals surface area contributed by atoms with Gasteiger partial charge in [-0.1, -0.05) is 18.7 Å². The number of aromatic nitrogens is 3. The molecule has 4 aromatic rings. The molecule has 202 valence electrons. The summed E-state index contributed by atoms with van der Waals surface area (Å²) >= 11 is 1.33. The van der Waals surface area contributed by atoms with Crippen LogP contribution >= 0.6 is 11.8 Å². The number of carbonyl (C=O) groups excluding carboxylic acids is 1. The maximum Gasteiger partial charge on any atom is 0.270 e. The summed E-state index contributed by atoms with van der Waals surface area (Å²) in [5.74, 6) is 1.87. The monoisotopic (exact) mass is 558 g/mol. The molecule has 0 atom stereocenters. The summed E-state index contributed by atoms with van der Waals surface area (Å²) in [5.41, 5.74) is 8.21.